The van der Waals surface area contributed by atoms with E-state index in [1.165, 1.54) is 12.1 Å². The van der Waals surface area contributed by atoms with Crippen LogP contribution < -0.4 is 10.5 Å². The van der Waals surface area contributed by atoms with Crippen LogP contribution in [-0.2, 0) is 11.3 Å². The molecule has 6 heteroatoms. The Hall–Kier alpha value is -2.60. The third kappa shape index (κ3) is 3.70. The van der Waals surface area contributed by atoms with Gasteiger partial charge in [-0.05, 0) is 35.9 Å². The molecule has 0 aromatic heterocycles. The quantitative estimate of drug-likeness (QED) is 0.384. The summed E-state index contributed by atoms with van der Waals surface area (Å²) in [6.07, 6.45) is 0. The average Bonchev–Trinajstić information content (AvgIpc) is 2.49. The van der Waals surface area contributed by atoms with Crippen LogP contribution >= 0.6 is 0 Å². The van der Waals surface area contributed by atoms with Crippen LogP contribution in [0.4, 0.5) is 4.39 Å². The minimum absolute atomic E-state index is 0.0547. The molecule has 0 saturated carbocycles. The highest BCUT2D eigenvalue weighted by atomic mass is 19.1. The van der Waals surface area contributed by atoms with Crippen LogP contribution in [0.5, 0.6) is 11.5 Å². The maximum Gasteiger partial charge on any atom is 0.170 e. The maximum absolute atomic E-state index is 13.9. The predicted molar refractivity (Wildman–Crippen MR) is 76.1 cm³/mol. The van der Waals surface area contributed by atoms with E-state index in [2.05, 4.69) is 5.16 Å². The zero-order chi connectivity index (χ0) is 15.2. The number of ether oxygens (including phenoxy) is 2. The highest BCUT2D eigenvalue weighted by Gasteiger charge is 2.09. The van der Waals surface area contributed by atoms with Gasteiger partial charge in [-0.25, -0.2) is 4.39 Å². The summed E-state index contributed by atoms with van der Waals surface area (Å²) in [5, 5.41) is 11.4. The van der Waals surface area contributed by atoms with Gasteiger partial charge in [0.15, 0.2) is 17.4 Å². The lowest BCUT2D eigenvalue weighted by molar-refractivity contribution is 0.184. The van der Waals surface area contributed by atoms with E-state index >= 15 is 0 Å². The lowest BCUT2D eigenvalue weighted by atomic mass is 10.2. The van der Waals surface area contributed by atoms with Crippen molar-refractivity contribution in [3.63, 3.8) is 0 Å². The predicted octanol–water partition coefficient (Wildman–Crippen LogP) is 2.86. The number of oxime groups is 1. The summed E-state index contributed by atoms with van der Waals surface area (Å²) < 4.78 is 24.5. The Kier molecular flexibility index (Phi) is 4.73. The van der Waals surface area contributed by atoms with Gasteiger partial charge in [-0.2, -0.15) is 0 Å². The molecule has 0 bridgehead atoms. The first-order chi connectivity index (χ1) is 10.1. The summed E-state index contributed by atoms with van der Waals surface area (Å²) >= 11 is 0. The Balaban J connectivity index is 2.22. The van der Waals surface area contributed by atoms with Crippen LogP contribution in [0.1, 0.15) is 11.1 Å². The normalized spacial score (nSPS) is 11.4. The number of nitrogens with zero attached hydrogens (tertiary/aromatic N) is 1. The van der Waals surface area contributed by atoms with Crippen LogP contribution in [0.25, 0.3) is 0 Å². The monoisotopic (exact) mass is 290 g/mol. The average molecular weight is 290 g/mol. The Morgan fingerprint density at radius 2 is 2.10 bits per heavy atom. The Morgan fingerprint density at radius 1 is 1.29 bits per heavy atom. The van der Waals surface area contributed by atoms with Crippen LogP contribution in [-0.4, -0.2) is 18.2 Å². The summed E-state index contributed by atoms with van der Waals surface area (Å²) in [5.41, 5.74) is 6.59. The maximum atomic E-state index is 13.9. The van der Waals surface area contributed by atoms with Gasteiger partial charge in [-0.1, -0.05) is 17.3 Å². The van der Waals surface area contributed by atoms with Gasteiger partial charge >= 0.3 is 0 Å². The fraction of sp³-hybridized carbons (Fsp3) is 0.133. The Labute approximate surface area is 121 Å². The number of halogens is 1. The van der Waals surface area contributed by atoms with Crippen molar-refractivity contribution in [2.24, 2.45) is 10.9 Å². The van der Waals surface area contributed by atoms with E-state index in [1.54, 1.807) is 25.3 Å². The zero-order valence-electron chi connectivity index (χ0n) is 11.4. The van der Waals surface area contributed by atoms with Crippen LogP contribution in [0.3, 0.4) is 0 Å². The van der Waals surface area contributed by atoms with Crippen molar-refractivity contribution >= 4 is 5.84 Å². The summed E-state index contributed by atoms with van der Waals surface area (Å²) in [7, 11) is 1.60. The van der Waals surface area contributed by atoms with Gasteiger partial charge in [0.1, 0.15) is 5.75 Å². The first-order valence-corrected chi connectivity index (χ1v) is 6.17. The molecule has 3 N–H and O–H groups in total. The molecule has 0 amide bonds. The highest BCUT2D eigenvalue weighted by molar-refractivity contribution is 5.97. The first kappa shape index (κ1) is 14.8. The molecule has 0 saturated heterocycles. The van der Waals surface area contributed by atoms with Crippen molar-refractivity contribution in [1.82, 2.24) is 0 Å². The number of amidine groups is 1. The molecule has 5 nitrogen and oxygen atoms in total. The number of methoxy groups -OCH3 is 1. The number of hydrogen-bond acceptors (Lipinski definition) is 4. The largest absolute Gasteiger partial charge is 0.454 e. The second-order valence-electron chi connectivity index (χ2n) is 4.31. The Morgan fingerprint density at radius 3 is 2.76 bits per heavy atom. The molecule has 0 fully saturated rings. The van der Waals surface area contributed by atoms with E-state index in [0.717, 1.165) is 11.6 Å². The van der Waals surface area contributed by atoms with Gasteiger partial charge in [-0.15, -0.1) is 0 Å². The van der Waals surface area contributed by atoms with E-state index in [0.29, 0.717) is 12.4 Å². The standard InChI is InChI=1S/C15H15FN2O3/c1-20-9-10-3-2-4-12(7-10)21-14-6-5-11(8-13(14)16)15(17)18-19/h2-8,19H,9H2,1H3,(H2,17,18). The molecule has 0 aliphatic rings. The lowest BCUT2D eigenvalue weighted by Crippen LogP contribution is -2.13. The molecule has 110 valence electrons. The van der Waals surface area contributed by atoms with Crippen LogP contribution in [0, 0.1) is 5.82 Å². The molecule has 2 aromatic rings. The molecule has 0 radical (unpaired) electrons. The second-order valence-corrected chi connectivity index (χ2v) is 4.31. The van der Waals surface area contributed by atoms with Crippen molar-refractivity contribution in [3.8, 4) is 11.5 Å². The molecule has 2 rings (SSSR count). The molecule has 0 unspecified atom stereocenters. The van der Waals surface area contributed by atoms with Crippen LogP contribution in [0.2, 0.25) is 0 Å². The zero-order valence-corrected chi connectivity index (χ0v) is 11.4. The summed E-state index contributed by atoms with van der Waals surface area (Å²) in [5.74, 6) is -0.210. The molecule has 0 aliphatic heterocycles. The van der Waals surface area contributed by atoms with E-state index in [-0.39, 0.29) is 17.1 Å². The lowest BCUT2D eigenvalue weighted by Gasteiger charge is -2.09. The van der Waals surface area contributed by atoms with Crippen molar-refractivity contribution in [2.45, 2.75) is 6.61 Å². The number of rotatable bonds is 5. The van der Waals surface area contributed by atoms with Crippen molar-refractivity contribution in [1.29, 1.82) is 0 Å². The third-order valence-electron chi connectivity index (χ3n) is 2.77. The number of benzene rings is 2. The molecular weight excluding hydrogens is 275 g/mol. The fourth-order valence-electron chi connectivity index (χ4n) is 1.79. The third-order valence-corrected chi connectivity index (χ3v) is 2.77. The summed E-state index contributed by atoms with van der Waals surface area (Å²) in [6.45, 7) is 0.447. The SMILES string of the molecule is COCc1cccc(Oc2ccc(C(N)=NO)cc2F)c1. The van der Waals surface area contributed by atoms with Gasteiger partial charge < -0.3 is 20.4 Å². The topological polar surface area (TPSA) is 77.1 Å². The number of nitrogens with two attached hydrogens (primary N) is 1. The van der Waals surface area contributed by atoms with Crippen LogP contribution in [0.15, 0.2) is 47.6 Å². The number of hydrogen-bond donors (Lipinski definition) is 2. The first-order valence-electron chi connectivity index (χ1n) is 6.17. The minimum Gasteiger partial charge on any atom is -0.454 e. The highest BCUT2D eigenvalue weighted by Crippen LogP contribution is 2.26. The molecule has 0 heterocycles. The van der Waals surface area contributed by atoms with E-state index < -0.39 is 5.82 Å². The molecule has 2 aromatic carbocycles. The van der Waals surface area contributed by atoms with Gasteiger partial charge in [0, 0.05) is 12.7 Å². The van der Waals surface area contributed by atoms with E-state index in [1.807, 2.05) is 6.07 Å². The molecular formula is C15H15FN2O3. The molecule has 0 aliphatic carbocycles. The van der Waals surface area contributed by atoms with E-state index in [9.17, 15) is 4.39 Å². The molecule has 0 spiro atoms. The fourth-order valence-corrected chi connectivity index (χ4v) is 1.79. The van der Waals surface area contributed by atoms with Gasteiger partial charge in [0.05, 0.1) is 6.61 Å². The smallest absolute Gasteiger partial charge is 0.170 e. The Bertz CT molecular complexity index is 659. The van der Waals surface area contributed by atoms with Crippen molar-refractivity contribution in [2.75, 3.05) is 7.11 Å². The van der Waals surface area contributed by atoms with Gasteiger partial charge in [-0.3, -0.25) is 0 Å². The summed E-state index contributed by atoms with van der Waals surface area (Å²) in [4.78, 5) is 0. The van der Waals surface area contributed by atoms with E-state index in [4.69, 9.17) is 20.4 Å². The van der Waals surface area contributed by atoms with Crippen molar-refractivity contribution in [3.05, 3.63) is 59.4 Å². The molecule has 0 atom stereocenters. The van der Waals surface area contributed by atoms with Crippen molar-refractivity contribution < 1.29 is 19.1 Å². The minimum atomic E-state index is -0.601. The van der Waals surface area contributed by atoms with Gasteiger partial charge in [0.25, 0.3) is 0 Å². The molecule has 21 heavy (non-hydrogen) atoms. The summed E-state index contributed by atoms with van der Waals surface area (Å²) in [6, 6.07) is 11.2. The van der Waals surface area contributed by atoms with Gasteiger partial charge in [0.2, 0.25) is 0 Å². The second kappa shape index (κ2) is 6.71.